The number of piperidine rings is 1. The van der Waals surface area contributed by atoms with E-state index in [1.54, 1.807) is 0 Å². The maximum absolute atomic E-state index is 12.9. The van der Waals surface area contributed by atoms with Crippen LogP contribution in [-0.4, -0.2) is 33.7 Å². The number of para-hydroxylation sites is 1. The number of rotatable bonds is 4. The summed E-state index contributed by atoms with van der Waals surface area (Å²) < 4.78 is 1.93. The molecule has 4 rings (SSSR count). The van der Waals surface area contributed by atoms with Gasteiger partial charge < -0.3 is 9.47 Å². The van der Waals surface area contributed by atoms with Crippen molar-refractivity contribution in [1.82, 2.24) is 9.47 Å². The number of hydrogen-bond acceptors (Lipinski definition) is 3. The number of ketones is 1. The Kier molecular flexibility index (Phi) is 4.64. The zero-order valence-corrected chi connectivity index (χ0v) is 15.7. The summed E-state index contributed by atoms with van der Waals surface area (Å²) in [5.74, 6) is 0.154. The summed E-state index contributed by atoms with van der Waals surface area (Å²) >= 11 is 1.45. The fourth-order valence-corrected chi connectivity index (χ4v) is 4.48. The number of thiophene rings is 1. The average molecular weight is 366 g/mol. The summed E-state index contributed by atoms with van der Waals surface area (Å²) in [6.07, 6.45) is 5.18. The molecule has 1 aliphatic heterocycles. The number of carbonyl (C=O) groups is 2. The minimum absolute atomic E-state index is 0.0220. The molecule has 1 aromatic carbocycles. The lowest BCUT2D eigenvalue weighted by Crippen LogP contribution is -2.43. The average Bonchev–Trinajstić information content (AvgIpc) is 3.30. The van der Waals surface area contributed by atoms with E-state index in [-0.39, 0.29) is 18.2 Å². The number of hydrogen-bond donors (Lipinski definition) is 0. The first kappa shape index (κ1) is 17.0. The van der Waals surface area contributed by atoms with Crippen molar-refractivity contribution >= 4 is 33.9 Å². The molecule has 1 aliphatic rings. The Morgan fingerprint density at radius 3 is 2.77 bits per heavy atom. The number of amides is 1. The molecule has 5 heteroatoms. The lowest BCUT2D eigenvalue weighted by molar-refractivity contribution is -0.135. The van der Waals surface area contributed by atoms with Gasteiger partial charge in [0.25, 0.3) is 0 Å². The van der Waals surface area contributed by atoms with Crippen molar-refractivity contribution in [1.29, 1.82) is 0 Å². The molecule has 1 fully saturated rings. The summed E-state index contributed by atoms with van der Waals surface area (Å²) in [4.78, 5) is 28.4. The molecule has 2 aromatic heterocycles. The van der Waals surface area contributed by atoms with Gasteiger partial charge in [0.05, 0.1) is 4.88 Å². The van der Waals surface area contributed by atoms with E-state index in [1.807, 2.05) is 57.4 Å². The summed E-state index contributed by atoms with van der Waals surface area (Å²) in [7, 11) is 0. The largest absolute Gasteiger partial charge is 0.338 e. The topological polar surface area (TPSA) is 42.3 Å². The number of benzene rings is 1. The van der Waals surface area contributed by atoms with Crippen LogP contribution >= 0.6 is 11.3 Å². The second kappa shape index (κ2) is 7.08. The van der Waals surface area contributed by atoms with E-state index < -0.39 is 0 Å². The number of likely N-dealkylation sites (tertiary alicyclic amines) is 1. The Hall–Kier alpha value is -2.40. The van der Waals surface area contributed by atoms with Gasteiger partial charge in [0.15, 0.2) is 0 Å². The van der Waals surface area contributed by atoms with Crippen LogP contribution in [0.3, 0.4) is 0 Å². The predicted octanol–water partition coefficient (Wildman–Crippen LogP) is 4.33. The van der Waals surface area contributed by atoms with Gasteiger partial charge in [-0.2, -0.15) is 0 Å². The molecular formula is C21H22N2O2S. The van der Waals surface area contributed by atoms with Crippen molar-refractivity contribution in [3.05, 3.63) is 58.4 Å². The van der Waals surface area contributed by atoms with Crippen molar-refractivity contribution in [3.63, 3.8) is 0 Å². The summed E-state index contributed by atoms with van der Waals surface area (Å²) in [5.41, 5.74) is 1.60. The van der Waals surface area contributed by atoms with Gasteiger partial charge in [-0.1, -0.05) is 24.3 Å². The van der Waals surface area contributed by atoms with Crippen LogP contribution in [0.4, 0.5) is 0 Å². The summed E-state index contributed by atoms with van der Waals surface area (Å²) in [6.45, 7) is 3.24. The van der Waals surface area contributed by atoms with E-state index >= 15 is 0 Å². The first-order valence-electron chi connectivity index (χ1n) is 9.10. The van der Waals surface area contributed by atoms with Crippen molar-refractivity contribution in [2.75, 3.05) is 6.54 Å². The van der Waals surface area contributed by atoms with E-state index in [1.165, 1.54) is 17.8 Å². The zero-order valence-electron chi connectivity index (χ0n) is 14.9. The normalized spacial score (nSPS) is 17.6. The van der Waals surface area contributed by atoms with Gasteiger partial charge in [-0.25, -0.2) is 0 Å². The zero-order chi connectivity index (χ0) is 18.1. The van der Waals surface area contributed by atoms with E-state index in [4.69, 9.17) is 0 Å². The van der Waals surface area contributed by atoms with Gasteiger partial charge in [-0.3, -0.25) is 9.59 Å². The maximum Gasteiger partial charge on any atom is 0.242 e. The van der Waals surface area contributed by atoms with Crippen molar-refractivity contribution in [2.24, 2.45) is 0 Å². The number of fused-ring (bicyclic) bond motifs is 1. The van der Waals surface area contributed by atoms with Crippen molar-refractivity contribution in [2.45, 2.75) is 38.8 Å². The Labute approximate surface area is 157 Å². The predicted molar refractivity (Wildman–Crippen MR) is 105 cm³/mol. The Balaban J connectivity index is 1.67. The fraction of sp³-hybridized carbons (Fsp3) is 0.333. The van der Waals surface area contributed by atoms with E-state index in [0.29, 0.717) is 11.6 Å². The molecule has 0 bridgehead atoms. The molecule has 0 saturated carbocycles. The lowest BCUT2D eigenvalue weighted by atomic mass is 10.0. The number of nitrogens with zero attached hydrogens (tertiary/aromatic N) is 2. The minimum Gasteiger partial charge on any atom is -0.338 e. The van der Waals surface area contributed by atoms with Gasteiger partial charge >= 0.3 is 0 Å². The molecule has 1 saturated heterocycles. The molecule has 4 nitrogen and oxygen atoms in total. The van der Waals surface area contributed by atoms with Crippen LogP contribution in [0.2, 0.25) is 0 Å². The van der Waals surface area contributed by atoms with Crippen molar-refractivity contribution < 1.29 is 9.59 Å². The third-order valence-corrected chi connectivity index (χ3v) is 6.08. The molecular weight excluding hydrogens is 344 g/mol. The third-order valence-electron chi connectivity index (χ3n) is 5.21. The highest BCUT2D eigenvalue weighted by Crippen LogP contribution is 2.26. The first-order chi connectivity index (χ1) is 12.6. The Morgan fingerprint density at radius 2 is 2.00 bits per heavy atom. The quantitative estimate of drug-likeness (QED) is 0.645. The summed E-state index contributed by atoms with van der Waals surface area (Å²) in [6, 6.07) is 11.9. The Bertz CT molecular complexity index is 942. The molecule has 134 valence electrons. The highest BCUT2D eigenvalue weighted by molar-refractivity contribution is 7.12. The van der Waals surface area contributed by atoms with Crippen LogP contribution in [-0.2, 0) is 11.3 Å². The van der Waals surface area contributed by atoms with Crippen LogP contribution in [0.25, 0.3) is 10.9 Å². The van der Waals surface area contributed by atoms with Crippen LogP contribution in [0.1, 0.15) is 41.4 Å². The summed E-state index contributed by atoms with van der Waals surface area (Å²) in [5, 5.41) is 2.82. The number of carbonyl (C=O) groups excluding carboxylic acids is 2. The molecule has 0 unspecified atom stereocenters. The van der Waals surface area contributed by atoms with Gasteiger partial charge in [-0.05, 0) is 43.7 Å². The maximum atomic E-state index is 12.9. The van der Waals surface area contributed by atoms with E-state index in [9.17, 15) is 9.59 Å². The molecule has 0 N–H and O–H groups in total. The van der Waals surface area contributed by atoms with Gasteiger partial charge in [0.2, 0.25) is 11.7 Å². The molecule has 1 amide bonds. The standard InChI is InChI=1S/C21H22N2O2S/c1-15-7-4-5-11-23(15)20(24)14-22-13-17(16-8-2-3-9-18(16)22)21(25)19-10-6-12-26-19/h2-3,6,8-10,12-13,15H,4-5,7,11,14H2,1H3/t15-/m0/s1. The molecule has 3 aromatic rings. The first-order valence-corrected chi connectivity index (χ1v) is 9.98. The molecule has 0 radical (unpaired) electrons. The van der Waals surface area contributed by atoms with Crippen LogP contribution in [0, 0.1) is 0 Å². The third kappa shape index (κ3) is 3.07. The molecule has 0 spiro atoms. The van der Waals surface area contributed by atoms with E-state index in [2.05, 4.69) is 6.92 Å². The van der Waals surface area contributed by atoms with Gasteiger partial charge in [-0.15, -0.1) is 11.3 Å². The smallest absolute Gasteiger partial charge is 0.242 e. The van der Waals surface area contributed by atoms with Crippen LogP contribution in [0.15, 0.2) is 48.0 Å². The van der Waals surface area contributed by atoms with Crippen molar-refractivity contribution in [3.8, 4) is 0 Å². The van der Waals surface area contributed by atoms with Gasteiger partial charge in [0, 0.05) is 35.2 Å². The minimum atomic E-state index is 0.0220. The van der Waals surface area contributed by atoms with Crippen LogP contribution in [0.5, 0.6) is 0 Å². The second-order valence-corrected chi connectivity index (χ2v) is 7.87. The fourth-order valence-electron chi connectivity index (χ4n) is 3.80. The van der Waals surface area contributed by atoms with Gasteiger partial charge in [0.1, 0.15) is 6.54 Å². The lowest BCUT2D eigenvalue weighted by Gasteiger charge is -2.33. The van der Waals surface area contributed by atoms with E-state index in [0.717, 1.165) is 35.2 Å². The number of aromatic nitrogens is 1. The molecule has 26 heavy (non-hydrogen) atoms. The highest BCUT2D eigenvalue weighted by atomic mass is 32.1. The highest BCUT2D eigenvalue weighted by Gasteiger charge is 2.24. The molecule has 3 heterocycles. The molecule has 1 atom stereocenters. The van der Waals surface area contributed by atoms with Crippen LogP contribution < -0.4 is 0 Å². The Morgan fingerprint density at radius 1 is 1.15 bits per heavy atom. The second-order valence-electron chi connectivity index (χ2n) is 6.93. The monoisotopic (exact) mass is 366 g/mol. The molecule has 0 aliphatic carbocycles. The SMILES string of the molecule is C[C@H]1CCCCN1C(=O)Cn1cc(C(=O)c2cccs2)c2ccccc21.